The molecule has 0 aromatic heterocycles. The number of nitrogens with zero attached hydrogens (tertiary/aromatic N) is 3. The summed E-state index contributed by atoms with van der Waals surface area (Å²) >= 11 is 0. The molecular formula is C17H27N3O4S. The van der Waals surface area contributed by atoms with Gasteiger partial charge in [0.1, 0.15) is 12.3 Å². The Morgan fingerprint density at radius 3 is 2.44 bits per heavy atom. The molecule has 2 rings (SSSR count). The number of carbonyl (C=O) groups is 1. The maximum absolute atomic E-state index is 12.6. The number of amides is 1. The first kappa shape index (κ1) is 19.5. The summed E-state index contributed by atoms with van der Waals surface area (Å²) in [6.45, 7) is 6.42. The second-order valence-electron chi connectivity index (χ2n) is 6.62. The normalized spacial score (nSPS) is 16.1. The van der Waals surface area contributed by atoms with E-state index in [0.29, 0.717) is 24.5 Å². The fraction of sp³-hybridized carbons (Fsp3) is 0.588. The number of rotatable bonds is 6. The van der Waals surface area contributed by atoms with Gasteiger partial charge in [-0.1, -0.05) is 6.07 Å². The van der Waals surface area contributed by atoms with E-state index in [1.54, 1.807) is 29.2 Å². The lowest BCUT2D eigenvalue weighted by atomic mass is 10.3. The van der Waals surface area contributed by atoms with E-state index in [1.165, 1.54) is 0 Å². The molecule has 1 aromatic rings. The Balaban J connectivity index is 2.18. The van der Waals surface area contributed by atoms with Gasteiger partial charge in [-0.2, -0.15) is 0 Å². The van der Waals surface area contributed by atoms with Crippen molar-refractivity contribution in [1.82, 2.24) is 9.80 Å². The predicted octanol–water partition coefficient (Wildman–Crippen LogP) is 1.01. The summed E-state index contributed by atoms with van der Waals surface area (Å²) in [5, 5.41) is 0. The van der Waals surface area contributed by atoms with Crippen LogP contribution >= 0.6 is 0 Å². The average Bonchev–Trinajstić information content (AvgIpc) is 2.51. The molecule has 1 aliphatic heterocycles. The van der Waals surface area contributed by atoms with Gasteiger partial charge < -0.3 is 14.5 Å². The molecule has 0 atom stereocenters. The summed E-state index contributed by atoms with van der Waals surface area (Å²) in [5.74, 6) is 0.391. The summed E-state index contributed by atoms with van der Waals surface area (Å²) in [4.78, 5) is 16.4. The fourth-order valence-electron chi connectivity index (χ4n) is 2.66. The highest BCUT2D eigenvalue weighted by Gasteiger charge is 2.26. The van der Waals surface area contributed by atoms with Crippen molar-refractivity contribution in [2.24, 2.45) is 0 Å². The lowest BCUT2D eigenvalue weighted by Crippen LogP contribution is -2.50. The van der Waals surface area contributed by atoms with Crippen LogP contribution in [0, 0.1) is 0 Å². The lowest BCUT2D eigenvalue weighted by Gasteiger charge is -2.34. The van der Waals surface area contributed by atoms with Crippen LogP contribution in [0.3, 0.4) is 0 Å². The number of ether oxygens (including phenoxy) is 1. The van der Waals surface area contributed by atoms with Gasteiger partial charge in [-0.05, 0) is 33.0 Å². The van der Waals surface area contributed by atoms with Crippen molar-refractivity contribution in [2.75, 3.05) is 50.3 Å². The van der Waals surface area contributed by atoms with Gasteiger partial charge in [-0.25, -0.2) is 8.42 Å². The van der Waals surface area contributed by atoms with E-state index >= 15 is 0 Å². The van der Waals surface area contributed by atoms with Crippen LogP contribution in [0.15, 0.2) is 24.3 Å². The summed E-state index contributed by atoms with van der Waals surface area (Å²) in [5.41, 5.74) is 0.433. The van der Waals surface area contributed by atoms with Gasteiger partial charge in [0, 0.05) is 32.2 Å². The minimum atomic E-state index is -3.59. The first-order chi connectivity index (χ1) is 11.7. The Labute approximate surface area is 150 Å². The molecule has 0 saturated carbocycles. The molecular weight excluding hydrogens is 342 g/mol. The third kappa shape index (κ3) is 5.61. The third-order valence-electron chi connectivity index (χ3n) is 4.01. The van der Waals surface area contributed by atoms with Gasteiger partial charge in [-0.15, -0.1) is 0 Å². The topological polar surface area (TPSA) is 70.2 Å². The lowest BCUT2D eigenvalue weighted by molar-refractivity contribution is -0.131. The molecule has 7 nitrogen and oxygen atoms in total. The van der Waals surface area contributed by atoms with E-state index in [2.05, 4.69) is 4.90 Å². The van der Waals surface area contributed by atoms with Crippen LogP contribution in [0.25, 0.3) is 0 Å². The van der Waals surface area contributed by atoms with Crippen molar-refractivity contribution < 1.29 is 17.9 Å². The number of sulfonamides is 1. The molecule has 1 aromatic carbocycles. The molecule has 0 aliphatic carbocycles. The summed E-state index contributed by atoms with van der Waals surface area (Å²) in [7, 11) is -1.58. The zero-order chi connectivity index (χ0) is 18.6. The first-order valence-electron chi connectivity index (χ1n) is 8.37. The van der Waals surface area contributed by atoms with Gasteiger partial charge >= 0.3 is 0 Å². The highest BCUT2D eigenvalue weighted by molar-refractivity contribution is 7.92. The van der Waals surface area contributed by atoms with E-state index in [4.69, 9.17) is 4.74 Å². The molecule has 140 valence electrons. The van der Waals surface area contributed by atoms with Gasteiger partial charge in [0.15, 0.2) is 0 Å². The second-order valence-corrected chi connectivity index (χ2v) is 8.52. The monoisotopic (exact) mass is 369 g/mol. The quantitative estimate of drug-likeness (QED) is 0.749. The van der Waals surface area contributed by atoms with Crippen LogP contribution in [0.2, 0.25) is 0 Å². The van der Waals surface area contributed by atoms with Crippen LogP contribution in [-0.2, 0) is 14.8 Å². The molecule has 0 unspecified atom stereocenters. The number of anilines is 1. The molecule has 0 radical (unpaired) electrons. The Kier molecular flexibility index (Phi) is 6.29. The van der Waals surface area contributed by atoms with Crippen LogP contribution in [0.4, 0.5) is 5.69 Å². The minimum absolute atomic E-state index is 0.0195. The Morgan fingerprint density at radius 1 is 1.24 bits per heavy atom. The van der Waals surface area contributed by atoms with E-state index in [-0.39, 0.29) is 18.6 Å². The van der Waals surface area contributed by atoms with E-state index in [0.717, 1.165) is 23.7 Å². The minimum Gasteiger partial charge on any atom is -0.491 e. The molecule has 1 saturated heterocycles. The Bertz CT molecular complexity index is 698. The van der Waals surface area contributed by atoms with Crippen molar-refractivity contribution in [3.63, 3.8) is 0 Å². The molecule has 1 heterocycles. The van der Waals surface area contributed by atoms with E-state index in [9.17, 15) is 13.2 Å². The number of hydrogen-bond donors (Lipinski definition) is 0. The number of benzene rings is 1. The SMILES string of the molecule is CC(C)Oc1cccc(N(CC(=O)N2CCN(C)CC2)S(C)(=O)=O)c1. The van der Waals surface area contributed by atoms with Crippen LogP contribution < -0.4 is 9.04 Å². The van der Waals surface area contributed by atoms with Gasteiger partial charge in [-0.3, -0.25) is 9.10 Å². The molecule has 0 spiro atoms. The molecule has 1 fully saturated rings. The Morgan fingerprint density at radius 2 is 1.88 bits per heavy atom. The zero-order valence-electron chi connectivity index (χ0n) is 15.3. The van der Waals surface area contributed by atoms with Crippen molar-refractivity contribution in [3.8, 4) is 5.75 Å². The third-order valence-corrected chi connectivity index (χ3v) is 5.15. The zero-order valence-corrected chi connectivity index (χ0v) is 16.1. The molecule has 25 heavy (non-hydrogen) atoms. The van der Waals surface area contributed by atoms with Crippen molar-refractivity contribution in [1.29, 1.82) is 0 Å². The highest BCUT2D eigenvalue weighted by atomic mass is 32.2. The van der Waals surface area contributed by atoms with Crippen molar-refractivity contribution in [2.45, 2.75) is 20.0 Å². The summed E-state index contributed by atoms with van der Waals surface area (Å²) < 4.78 is 31.3. The van der Waals surface area contributed by atoms with Crippen LogP contribution in [0.1, 0.15) is 13.8 Å². The summed E-state index contributed by atoms with van der Waals surface area (Å²) in [6, 6.07) is 6.82. The second kappa shape index (κ2) is 8.05. The van der Waals surface area contributed by atoms with Crippen LogP contribution in [0.5, 0.6) is 5.75 Å². The molecule has 0 N–H and O–H groups in total. The average molecular weight is 369 g/mol. The smallest absolute Gasteiger partial charge is 0.243 e. The van der Waals surface area contributed by atoms with Gasteiger partial charge in [0.05, 0.1) is 18.0 Å². The maximum atomic E-state index is 12.6. The maximum Gasteiger partial charge on any atom is 0.243 e. The number of likely N-dealkylation sites (N-methyl/N-ethyl adjacent to an activating group) is 1. The van der Waals surface area contributed by atoms with Crippen LogP contribution in [-0.4, -0.2) is 76.3 Å². The molecule has 0 bridgehead atoms. The van der Waals surface area contributed by atoms with E-state index in [1.807, 2.05) is 20.9 Å². The van der Waals surface area contributed by atoms with Gasteiger partial charge in [0.25, 0.3) is 0 Å². The van der Waals surface area contributed by atoms with Crippen molar-refractivity contribution in [3.05, 3.63) is 24.3 Å². The molecule has 8 heteroatoms. The molecule has 1 amide bonds. The Hall–Kier alpha value is -1.80. The van der Waals surface area contributed by atoms with Gasteiger partial charge in [0.2, 0.25) is 15.9 Å². The summed E-state index contributed by atoms with van der Waals surface area (Å²) in [6.07, 6.45) is 1.09. The largest absolute Gasteiger partial charge is 0.491 e. The standard InChI is InChI=1S/C17H27N3O4S/c1-14(2)24-16-7-5-6-15(12-16)20(25(4,22)23)13-17(21)19-10-8-18(3)9-11-19/h5-7,12,14H,8-11,13H2,1-4H3. The van der Waals surface area contributed by atoms with Crippen molar-refractivity contribution >= 4 is 21.6 Å². The highest BCUT2D eigenvalue weighted by Crippen LogP contribution is 2.24. The number of piperazine rings is 1. The predicted molar refractivity (Wildman–Crippen MR) is 98.5 cm³/mol. The van der Waals surface area contributed by atoms with E-state index < -0.39 is 10.0 Å². The number of hydrogen-bond acceptors (Lipinski definition) is 5. The number of carbonyl (C=O) groups excluding carboxylic acids is 1. The fourth-order valence-corrected chi connectivity index (χ4v) is 3.50. The molecule has 1 aliphatic rings. The first-order valence-corrected chi connectivity index (χ1v) is 10.2.